The summed E-state index contributed by atoms with van der Waals surface area (Å²) >= 11 is 0. The molecule has 2 saturated heterocycles. The molecular formula is C38H62N2O7. The van der Waals surface area contributed by atoms with Gasteiger partial charge in [-0.05, 0) is 97.2 Å². The van der Waals surface area contributed by atoms with Gasteiger partial charge in [0, 0.05) is 38.0 Å². The molecule has 0 aromatic carbocycles. The molecule has 1 N–H and O–H groups in total. The average Bonchev–Trinajstić information content (AvgIpc) is 3.65. The Morgan fingerprint density at radius 3 is 2.28 bits per heavy atom. The fraction of sp³-hybridized carbons (Fsp3) is 0.947. The predicted octanol–water partition coefficient (Wildman–Crippen LogP) is 6.36. The lowest BCUT2D eigenvalue weighted by Gasteiger charge is -2.63. The van der Waals surface area contributed by atoms with E-state index in [1.807, 2.05) is 4.90 Å². The minimum Gasteiger partial charge on any atom is -0.446 e. The van der Waals surface area contributed by atoms with E-state index in [2.05, 4.69) is 48.5 Å². The van der Waals surface area contributed by atoms with Gasteiger partial charge in [-0.3, -0.25) is 0 Å². The Morgan fingerprint density at radius 1 is 0.957 bits per heavy atom. The lowest BCUT2D eigenvalue weighted by Crippen LogP contribution is -2.60. The van der Waals surface area contributed by atoms with Crippen molar-refractivity contribution >= 4 is 12.2 Å². The lowest BCUT2D eigenvalue weighted by atomic mass is 9.41. The summed E-state index contributed by atoms with van der Waals surface area (Å²) in [6, 6.07) is 0. The molecular weight excluding hydrogens is 596 g/mol. The molecule has 0 radical (unpaired) electrons. The van der Waals surface area contributed by atoms with Crippen molar-refractivity contribution in [2.24, 2.45) is 56.7 Å². The molecule has 2 spiro atoms. The van der Waals surface area contributed by atoms with Crippen LogP contribution in [-0.4, -0.2) is 98.0 Å². The Balaban J connectivity index is 1.13. The Kier molecular flexibility index (Phi) is 8.09. The van der Waals surface area contributed by atoms with Crippen LogP contribution in [0.25, 0.3) is 0 Å². The van der Waals surface area contributed by atoms with Crippen molar-refractivity contribution in [3.63, 3.8) is 0 Å². The molecule has 5 aliphatic carbocycles. The van der Waals surface area contributed by atoms with E-state index in [-0.39, 0.29) is 75.5 Å². The molecule has 7 aliphatic rings. The van der Waals surface area contributed by atoms with Crippen molar-refractivity contribution in [3.05, 3.63) is 0 Å². The number of carbonyl (C=O) groups excluding carboxylic acids is 2. The second kappa shape index (κ2) is 11.2. The van der Waals surface area contributed by atoms with Gasteiger partial charge in [-0.25, -0.2) is 9.59 Å². The highest BCUT2D eigenvalue weighted by Crippen LogP contribution is 2.89. The first-order valence-electron chi connectivity index (χ1n) is 18.8. The maximum Gasteiger partial charge on any atom is 0.410 e. The summed E-state index contributed by atoms with van der Waals surface area (Å²) in [5.41, 5.74) is 0.119. The molecule has 5 saturated carbocycles. The number of hydrogen-bond donors (Lipinski definition) is 1. The summed E-state index contributed by atoms with van der Waals surface area (Å²) in [4.78, 5) is 29.1. The highest BCUT2D eigenvalue weighted by molar-refractivity contribution is 5.68. The van der Waals surface area contributed by atoms with Crippen LogP contribution in [0.4, 0.5) is 9.59 Å². The zero-order valence-electron chi connectivity index (χ0n) is 30.5. The number of morpholine rings is 1. The summed E-state index contributed by atoms with van der Waals surface area (Å²) in [6.45, 7) is 18.5. The number of aliphatic hydroxyl groups excluding tert-OH is 1. The zero-order valence-corrected chi connectivity index (χ0v) is 30.5. The molecule has 7 fully saturated rings. The van der Waals surface area contributed by atoms with Gasteiger partial charge in [0.15, 0.2) is 0 Å². The van der Waals surface area contributed by atoms with Crippen molar-refractivity contribution in [2.45, 2.75) is 130 Å². The fourth-order valence-electron chi connectivity index (χ4n) is 13.5. The summed E-state index contributed by atoms with van der Waals surface area (Å²) in [5, 5.41) is 12.6. The van der Waals surface area contributed by atoms with E-state index in [9.17, 15) is 14.7 Å². The number of carbonyl (C=O) groups is 2. The van der Waals surface area contributed by atoms with E-state index in [0.29, 0.717) is 44.1 Å². The largest absolute Gasteiger partial charge is 0.446 e. The third kappa shape index (κ3) is 4.56. The van der Waals surface area contributed by atoms with Gasteiger partial charge >= 0.3 is 12.2 Å². The smallest absolute Gasteiger partial charge is 0.410 e. The average molecular weight is 659 g/mol. The van der Waals surface area contributed by atoms with Crippen molar-refractivity contribution < 1.29 is 33.6 Å². The molecule has 0 aromatic heterocycles. The van der Waals surface area contributed by atoms with Crippen LogP contribution in [0.2, 0.25) is 0 Å². The first kappa shape index (κ1) is 33.9. The molecule has 0 aromatic rings. The Hall–Kier alpha value is -1.58. The van der Waals surface area contributed by atoms with Crippen molar-refractivity contribution in [1.82, 2.24) is 9.80 Å². The standard InChI is InChI=1S/C38H62N2O7/c1-22(2)29(47-32(42)39(8)9)24-20-23(3)28-30(45-24)31(41)36(7)26-11-10-25-34(4,5)27(46-33(43)40-16-18-44-19-17-40)12-13-37(25)21-38(26,37)15-14-35(28,36)6/h22-31,41H,10-21H2,1-9H3/t23-,24?,25+,26?,27?,28+,29-,30?,31+,35-,36-,37-,38+/m1/s1. The SMILES string of the molecule is CC(C)[C@@H](OC(=O)N(C)C)C1C[C@@H](C)[C@H]2C(O1)[C@H](O)[C@@]1(C)C3CC[C@H]4C(C)(C)C(OC(=O)N5CCOCC5)CC[C@@]45C[C@@]35CC[C@]21C. The number of fused-ring (bicyclic) bond motifs is 4. The molecule has 9 heteroatoms. The van der Waals surface area contributed by atoms with Crippen LogP contribution in [0, 0.1) is 56.7 Å². The van der Waals surface area contributed by atoms with Gasteiger partial charge in [-0.15, -0.1) is 0 Å². The summed E-state index contributed by atoms with van der Waals surface area (Å²) < 4.78 is 24.8. The normalized spacial score (nSPS) is 48.6. The van der Waals surface area contributed by atoms with E-state index in [1.54, 1.807) is 14.1 Å². The minimum absolute atomic E-state index is 0.0257. The Morgan fingerprint density at radius 2 is 1.62 bits per heavy atom. The second-order valence-corrected chi connectivity index (χ2v) is 18.5. The third-order valence-electron chi connectivity index (χ3n) is 15.9. The molecule has 7 rings (SSSR count). The van der Waals surface area contributed by atoms with Crippen LogP contribution in [0.3, 0.4) is 0 Å². The maximum atomic E-state index is 13.2. The van der Waals surface area contributed by atoms with E-state index in [0.717, 1.165) is 38.5 Å². The first-order chi connectivity index (χ1) is 22.0. The van der Waals surface area contributed by atoms with Gasteiger partial charge in [-0.2, -0.15) is 0 Å². The van der Waals surface area contributed by atoms with Crippen LogP contribution >= 0.6 is 0 Å². The number of hydrogen-bond acceptors (Lipinski definition) is 7. The monoisotopic (exact) mass is 658 g/mol. The molecule has 2 amide bonds. The number of rotatable bonds is 4. The summed E-state index contributed by atoms with van der Waals surface area (Å²) in [6.07, 6.45) is 6.67. The van der Waals surface area contributed by atoms with E-state index in [4.69, 9.17) is 18.9 Å². The second-order valence-electron chi connectivity index (χ2n) is 18.5. The van der Waals surface area contributed by atoms with Crippen LogP contribution < -0.4 is 0 Å². The van der Waals surface area contributed by atoms with Crippen LogP contribution in [0.1, 0.15) is 99.8 Å². The molecule has 47 heavy (non-hydrogen) atoms. The zero-order chi connectivity index (χ0) is 33.9. The van der Waals surface area contributed by atoms with Crippen LogP contribution in [0.5, 0.6) is 0 Å². The summed E-state index contributed by atoms with van der Waals surface area (Å²) in [7, 11) is 3.43. The highest BCUT2D eigenvalue weighted by Gasteiger charge is 2.84. The number of ether oxygens (including phenoxy) is 4. The van der Waals surface area contributed by atoms with Crippen molar-refractivity contribution in [2.75, 3.05) is 40.4 Å². The molecule has 4 unspecified atom stereocenters. The van der Waals surface area contributed by atoms with E-state index in [1.165, 1.54) is 17.7 Å². The van der Waals surface area contributed by atoms with Gasteiger partial charge in [0.25, 0.3) is 0 Å². The molecule has 9 nitrogen and oxygen atoms in total. The van der Waals surface area contributed by atoms with Gasteiger partial charge in [0.2, 0.25) is 0 Å². The molecule has 2 heterocycles. The fourth-order valence-corrected chi connectivity index (χ4v) is 13.5. The maximum absolute atomic E-state index is 13.2. The molecule has 13 atom stereocenters. The predicted molar refractivity (Wildman–Crippen MR) is 178 cm³/mol. The molecule has 2 aliphatic heterocycles. The van der Waals surface area contributed by atoms with Crippen molar-refractivity contribution in [3.8, 4) is 0 Å². The van der Waals surface area contributed by atoms with Crippen molar-refractivity contribution in [1.29, 1.82) is 0 Å². The third-order valence-corrected chi connectivity index (χ3v) is 15.9. The van der Waals surface area contributed by atoms with Gasteiger partial charge in [0.05, 0.1) is 31.5 Å². The van der Waals surface area contributed by atoms with Gasteiger partial charge < -0.3 is 33.9 Å². The topological polar surface area (TPSA) is 97.8 Å². The molecule has 0 bridgehead atoms. The minimum atomic E-state index is -0.560. The van der Waals surface area contributed by atoms with Gasteiger partial charge in [0.1, 0.15) is 12.2 Å². The van der Waals surface area contributed by atoms with Gasteiger partial charge in [-0.1, -0.05) is 48.5 Å². The number of nitrogens with zero attached hydrogens (tertiary/aromatic N) is 2. The van der Waals surface area contributed by atoms with Crippen LogP contribution in [0.15, 0.2) is 0 Å². The first-order valence-corrected chi connectivity index (χ1v) is 18.8. The quantitative estimate of drug-likeness (QED) is 0.376. The summed E-state index contributed by atoms with van der Waals surface area (Å²) in [5.74, 6) is 1.68. The van der Waals surface area contributed by atoms with E-state index < -0.39 is 6.10 Å². The van der Waals surface area contributed by atoms with Crippen LogP contribution in [-0.2, 0) is 18.9 Å². The molecule has 266 valence electrons. The number of amides is 2. The lowest BCUT2D eigenvalue weighted by molar-refractivity contribution is -0.185. The van der Waals surface area contributed by atoms with E-state index >= 15 is 0 Å². The Bertz CT molecular complexity index is 1250. The Labute approximate surface area is 282 Å². The number of aliphatic hydroxyl groups is 1. The highest BCUT2D eigenvalue weighted by atomic mass is 16.6.